The van der Waals surface area contributed by atoms with Crippen molar-refractivity contribution in [2.24, 2.45) is 0 Å². The Morgan fingerprint density at radius 3 is 2.17 bits per heavy atom. The Bertz CT molecular complexity index is 272. The molecule has 0 aliphatic heterocycles. The summed E-state index contributed by atoms with van der Waals surface area (Å²) in [6.45, 7) is -4.96. The summed E-state index contributed by atoms with van der Waals surface area (Å²) in [5, 5.41) is 0. The topological polar surface area (TPSA) is 9.23 Å². The molecule has 0 N–H and O–H groups in total. The molecule has 0 bridgehead atoms. The first-order chi connectivity index (χ1) is 5.55. The van der Waals surface area contributed by atoms with Crippen LogP contribution in [-0.2, 0) is 0 Å². The van der Waals surface area contributed by atoms with Gasteiger partial charge in [-0.15, -0.1) is 0 Å². The van der Waals surface area contributed by atoms with Crippen molar-refractivity contribution in [3.8, 4) is 5.75 Å². The molecule has 0 radical (unpaired) electrons. The summed E-state index contributed by atoms with van der Waals surface area (Å²) < 4.78 is 41.2. The first-order valence-corrected chi connectivity index (χ1v) is 3.38. The maximum Gasteiger partial charge on any atom is 0.513 e. The number of hydrogen-bond donors (Lipinski definition) is 0. The van der Waals surface area contributed by atoms with Crippen molar-refractivity contribution in [3.05, 3.63) is 24.3 Å². The SMILES string of the molecule is COc1ccccc1[B-](F)(F)F. The molecule has 1 rings (SSSR count). The van der Waals surface area contributed by atoms with Crippen molar-refractivity contribution in [2.45, 2.75) is 0 Å². The van der Waals surface area contributed by atoms with Crippen molar-refractivity contribution < 1.29 is 17.7 Å². The molecule has 1 aromatic carbocycles. The van der Waals surface area contributed by atoms with E-state index in [9.17, 15) is 12.9 Å². The molecule has 0 amide bonds. The number of halogens is 3. The lowest BCUT2D eigenvalue weighted by Crippen LogP contribution is -2.34. The number of rotatable bonds is 2. The zero-order valence-corrected chi connectivity index (χ0v) is 6.43. The molecule has 0 aromatic heterocycles. The molecular formula is C7H7BF3O-. The molecule has 66 valence electrons. The van der Waals surface area contributed by atoms with Gasteiger partial charge in [0.05, 0.1) is 12.9 Å². The average molecular weight is 175 g/mol. The van der Waals surface area contributed by atoms with E-state index in [-0.39, 0.29) is 5.75 Å². The average Bonchev–Trinajstić information content (AvgIpc) is 2.03. The van der Waals surface area contributed by atoms with E-state index in [1.807, 2.05) is 0 Å². The highest BCUT2D eigenvalue weighted by atomic mass is 19.4. The second kappa shape index (κ2) is 3.09. The molecule has 1 aromatic rings. The molecule has 0 spiro atoms. The lowest BCUT2D eigenvalue weighted by Gasteiger charge is -2.17. The number of hydrogen-bond acceptors (Lipinski definition) is 1. The summed E-state index contributed by atoms with van der Waals surface area (Å²) in [5.41, 5.74) is -0.681. The Balaban J connectivity index is 3.14. The summed E-state index contributed by atoms with van der Waals surface area (Å²) in [6.07, 6.45) is 0. The van der Waals surface area contributed by atoms with Crippen LogP contribution in [0.3, 0.4) is 0 Å². The van der Waals surface area contributed by atoms with Gasteiger partial charge in [-0.1, -0.05) is 23.7 Å². The number of benzene rings is 1. The fourth-order valence-corrected chi connectivity index (χ4v) is 0.937. The zero-order chi connectivity index (χ0) is 9.19. The van der Waals surface area contributed by atoms with Crippen LogP contribution in [0.4, 0.5) is 12.9 Å². The summed E-state index contributed by atoms with van der Waals surface area (Å²) in [7, 11) is 1.22. The van der Waals surface area contributed by atoms with Gasteiger partial charge in [0, 0.05) is 0 Å². The van der Waals surface area contributed by atoms with Crippen LogP contribution in [-0.4, -0.2) is 14.1 Å². The molecule has 0 aliphatic carbocycles. The Kier molecular flexibility index (Phi) is 2.31. The highest BCUT2D eigenvalue weighted by molar-refractivity contribution is 6.74. The van der Waals surface area contributed by atoms with Gasteiger partial charge in [0.15, 0.2) is 0 Å². The van der Waals surface area contributed by atoms with Crippen molar-refractivity contribution in [3.63, 3.8) is 0 Å². The van der Waals surface area contributed by atoms with Crippen LogP contribution in [0.2, 0.25) is 0 Å². The molecule has 0 heterocycles. The minimum absolute atomic E-state index is 0.120. The minimum atomic E-state index is -4.96. The molecule has 0 saturated heterocycles. The van der Waals surface area contributed by atoms with Gasteiger partial charge in [-0.3, -0.25) is 0 Å². The van der Waals surface area contributed by atoms with Gasteiger partial charge in [0.2, 0.25) is 0 Å². The lowest BCUT2D eigenvalue weighted by atomic mass is 9.79. The van der Waals surface area contributed by atoms with Crippen molar-refractivity contribution in [2.75, 3.05) is 7.11 Å². The van der Waals surface area contributed by atoms with E-state index in [2.05, 4.69) is 4.74 Å². The molecule has 0 atom stereocenters. The zero-order valence-electron chi connectivity index (χ0n) is 6.43. The smallest absolute Gasteiger partial charge is 0.500 e. The number of ether oxygens (including phenoxy) is 1. The normalized spacial score (nSPS) is 11.3. The van der Waals surface area contributed by atoms with Crippen molar-refractivity contribution >= 4 is 12.4 Å². The Morgan fingerprint density at radius 2 is 1.75 bits per heavy atom. The van der Waals surface area contributed by atoms with E-state index < -0.39 is 12.4 Å². The van der Waals surface area contributed by atoms with E-state index in [0.717, 1.165) is 6.07 Å². The fraction of sp³-hybridized carbons (Fsp3) is 0.143. The molecular weight excluding hydrogens is 168 g/mol. The second-order valence-electron chi connectivity index (χ2n) is 2.32. The quantitative estimate of drug-likeness (QED) is 0.622. The van der Waals surface area contributed by atoms with Gasteiger partial charge in [0.1, 0.15) is 0 Å². The Labute approximate surface area is 68.2 Å². The van der Waals surface area contributed by atoms with E-state index in [4.69, 9.17) is 0 Å². The maximum atomic E-state index is 12.2. The first-order valence-electron chi connectivity index (χ1n) is 3.38. The monoisotopic (exact) mass is 175 g/mol. The number of para-hydroxylation sites is 1. The van der Waals surface area contributed by atoms with Gasteiger partial charge in [-0.2, -0.15) is 0 Å². The Hall–Kier alpha value is -1.13. The van der Waals surface area contributed by atoms with Crippen LogP contribution in [0, 0.1) is 0 Å². The molecule has 0 fully saturated rings. The maximum absolute atomic E-state index is 12.2. The molecule has 1 nitrogen and oxygen atoms in total. The van der Waals surface area contributed by atoms with E-state index in [1.165, 1.54) is 25.3 Å². The highest BCUT2D eigenvalue weighted by Gasteiger charge is 2.28. The van der Waals surface area contributed by atoms with Gasteiger partial charge >= 0.3 is 6.98 Å². The van der Waals surface area contributed by atoms with E-state index >= 15 is 0 Å². The lowest BCUT2D eigenvalue weighted by molar-refractivity contribution is 0.412. The molecule has 0 aliphatic rings. The van der Waals surface area contributed by atoms with Crippen LogP contribution in [0.25, 0.3) is 0 Å². The predicted octanol–water partition coefficient (Wildman–Crippen LogP) is 1.75. The minimum Gasteiger partial charge on any atom is -0.500 e. The summed E-state index contributed by atoms with van der Waals surface area (Å²) in [4.78, 5) is 0. The van der Waals surface area contributed by atoms with Crippen molar-refractivity contribution in [1.29, 1.82) is 0 Å². The second-order valence-corrected chi connectivity index (χ2v) is 2.32. The summed E-state index contributed by atoms with van der Waals surface area (Å²) in [5.74, 6) is -0.120. The molecule has 5 heteroatoms. The van der Waals surface area contributed by atoms with Crippen LogP contribution >= 0.6 is 0 Å². The third kappa shape index (κ3) is 1.72. The third-order valence-electron chi connectivity index (χ3n) is 1.49. The third-order valence-corrected chi connectivity index (χ3v) is 1.49. The first kappa shape index (κ1) is 8.97. The predicted molar refractivity (Wildman–Crippen MR) is 41.7 cm³/mol. The van der Waals surface area contributed by atoms with Crippen LogP contribution in [0.1, 0.15) is 0 Å². The Morgan fingerprint density at radius 1 is 1.17 bits per heavy atom. The summed E-state index contributed by atoms with van der Waals surface area (Å²) >= 11 is 0. The van der Waals surface area contributed by atoms with Crippen molar-refractivity contribution in [1.82, 2.24) is 0 Å². The summed E-state index contributed by atoms with van der Waals surface area (Å²) in [6, 6.07) is 5.15. The molecule has 0 unspecified atom stereocenters. The molecule has 0 saturated carbocycles. The van der Waals surface area contributed by atoms with E-state index in [0.29, 0.717) is 0 Å². The van der Waals surface area contributed by atoms with Gasteiger partial charge in [-0.25, -0.2) is 0 Å². The fourth-order valence-electron chi connectivity index (χ4n) is 0.937. The van der Waals surface area contributed by atoms with Crippen LogP contribution < -0.4 is 10.2 Å². The van der Waals surface area contributed by atoms with Crippen LogP contribution in [0.5, 0.6) is 5.75 Å². The largest absolute Gasteiger partial charge is 0.513 e. The van der Waals surface area contributed by atoms with Gasteiger partial charge in [-0.05, 0) is 6.07 Å². The highest BCUT2D eigenvalue weighted by Crippen LogP contribution is 2.16. The standard InChI is InChI=1S/C7H7BF3O/c1-12-7-5-3-2-4-6(7)8(9,10)11/h2-5H,1H3/q-1. The number of methoxy groups -OCH3 is 1. The van der Waals surface area contributed by atoms with E-state index in [1.54, 1.807) is 0 Å². The van der Waals surface area contributed by atoms with Gasteiger partial charge < -0.3 is 17.7 Å². The molecule has 12 heavy (non-hydrogen) atoms. The van der Waals surface area contributed by atoms with Gasteiger partial charge in [0.25, 0.3) is 0 Å². The van der Waals surface area contributed by atoms with Crippen LogP contribution in [0.15, 0.2) is 24.3 Å².